The summed E-state index contributed by atoms with van der Waals surface area (Å²) in [5.74, 6) is 0.439. The van der Waals surface area contributed by atoms with Crippen LogP contribution in [-0.4, -0.2) is 23.3 Å². The number of hydrogen-bond donors (Lipinski definition) is 2. The predicted molar refractivity (Wildman–Crippen MR) is 63.6 cm³/mol. The minimum atomic E-state index is 0. The van der Waals surface area contributed by atoms with Gasteiger partial charge >= 0.3 is 0 Å². The topological polar surface area (TPSA) is 63.9 Å². The molecular weight excluding hydrogens is 237 g/mol. The first-order chi connectivity index (χ1) is 6.42. The van der Waals surface area contributed by atoms with Gasteiger partial charge in [-0.25, -0.2) is 0 Å². The summed E-state index contributed by atoms with van der Waals surface area (Å²) in [5.41, 5.74) is 6.74. The first-order valence-corrected chi connectivity index (χ1v) is 4.72. The molecule has 1 aliphatic rings. The van der Waals surface area contributed by atoms with E-state index in [-0.39, 0.29) is 30.9 Å². The monoisotopic (exact) mass is 253 g/mol. The lowest BCUT2D eigenvalue weighted by Crippen LogP contribution is -2.28. The van der Waals surface area contributed by atoms with Crippen molar-refractivity contribution >= 4 is 24.8 Å². The summed E-state index contributed by atoms with van der Waals surface area (Å²) in [6.07, 6.45) is 4.15. The standard InChI is InChI=1S/C9H15N3O.2ClH/c10-6-7-2-1-5-13-9(7)8-3-4-11-12-8;;/h3-4,7,9H,1-2,5-6,10H2,(H,11,12);2*1H. The van der Waals surface area contributed by atoms with E-state index in [9.17, 15) is 0 Å². The Kier molecular flexibility index (Phi) is 6.92. The zero-order valence-electron chi connectivity index (χ0n) is 8.39. The van der Waals surface area contributed by atoms with Crippen molar-refractivity contribution < 1.29 is 4.74 Å². The van der Waals surface area contributed by atoms with Gasteiger partial charge in [0, 0.05) is 18.7 Å². The number of nitrogens with one attached hydrogen (secondary N) is 1. The molecule has 88 valence electrons. The van der Waals surface area contributed by atoms with E-state index in [1.165, 1.54) is 0 Å². The third-order valence-corrected chi connectivity index (χ3v) is 2.58. The summed E-state index contributed by atoms with van der Waals surface area (Å²) in [6.45, 7) is 1.52. The molecule has 6 heteroatoms. The molecule has 2 rings (SSSR count). The van der Waals surface area contributed by atoms with Crippen molar-refractivity contribution in [2.24, 2.45) is 11.7 Å². The molecule has 2 atom stereocenters. The van der Waals surface area contributed by atoms with Crippen molar-refractivity contribution in [2.75, 3.05) is 13.2 Å². The van der Waals surface area contributed by atoms with E-state index >= 15 is 0 Å². The molecule has 3 N–H and O–H groups in total. The third-order valence-electron chi connectivity index (χ3n) is 2.58. The fraction of sp³-hybridized carbons (Fsp3) is 0.667. The van der Waals surface area contributed by atoms with Crippen molar-refractivity contribution in [1.82, 2.24) is 10.2 Å². The number of halogens is 2. The minimum Gasteiger partial charge on any atom is -0.372 e. The maximum atomic E-state index is 5.69. The van der Waals surface area contributed by atoms with E-state index in [2.05, 4.69) is 10.2 Å². The second kappa shape index (κ2) is 7.06. The van der Waals surface area contributed by atoms with Gasteiger partial charge in [-0.2, -0.15) is 5.10 Å². The molecule has 1 aliphatic heterocycles. The number of hydrogen-bond acceptors (Lipinski definition) is 3. The zero-order chi connectivity index (χ0) is 9.10. The van der Waals surface area contributed by atoms with E-state index in [0.29, 0.717) is 12.5 Å². The Balaban J connectivity index is 0.000000980. The van der Waals surface area contributed by atoms with Crippen LogP contribution in [0.25, 0.3) is 0 Å². The van der Waals surface area contributed by atoms with Crippen molar-refractivity contribution in [3.05, 3.63) is 18.0 Å². The van der Waals surface area contributed by atoms with Crippen LogP contribution in [0.4, 0.5) is 0 Å². The summed E-state index contributed by atoms with van der Waals surface area (Å²) < 4.78 is 5.67. The second-order valence-electron chi connectivity index (χ2n) is 3.44. The van der Waals surface area contributed by atoms with E-state index < -0.39 is 0 Å². The van der Waals surface area contributed by atoms with Gasteiger partial charge in [0.05, 0.1) is 5.69 Å². The molecule has 15 heavy (non-hydrogen) atoms. The van der Waals surface area contributed by atoms with Crippen LogP contribution in [-0.2, 0) is 4.74 Å². The molecule has 0 amide bonds. The summed E-state index contributed by atoms with van der Waals surface area (Å²) in [6, 6.07) is 1.96. The van der Waals surface area contributed by atoms with Crippen molar-refractivity contribution in [3.63, 3.8) is 0 Å². The molecule has 1 aromatic heterocycles. The molecule has 0 saturated carbocycles. The molecule has 2 unspecified atom stereocenters. The molecule has 2 heterocycles. The van der Waals surface area contributed by atoms with Crippen molar-refractivity contribution in [2.45, 2.75) is 18.9 Å². The first-order valence-electron chi connectivity index (χ1n) is 4.72. The number of rotatable bonds is 2. The normalized spacial score (nSPS) is 25.1. The van der Waals surface area contributed by atoms with Crippen molar-refractivity contribution in [3.8, 4) is 0 Å². The fourth-order valence-electron chi connectivity index (χ4n) is 1.85. The summed E-state index contributed by atoms with van der Waals surface area (Å²) in [4.78, 5) is 0. The smallest absolute Gasteiger partial charge is 0.103 e. The maximum Gasteiger partial charge on any atom is 0.103 e. The van der Waals surface area contributed by atoms with Gasteiger partial charge in [-0.15, -0.1) is 24.8 Å². The molecule has 0 aliphatic carbocycles. The molecular formula is C9H17Cl2N3O. The zero-order valence-corrected chi connectivity index (χ0v) is 10.0. The van der Waals surface area contributed by atoms with Crippen LogP contribution in [0.1, 0.15) is 24.6 Å². The van der Waals surface area contributed by atoms with Crippen LogP contribution in [0.3, 0.4) is 0 Å². The number of aromatic amines is 1. The molecule has 0 aromatic carbocycles. The van der Waals surface area contributed by atoms with Crippen LogP contribution >= 0.6 is 24.8 Å². The average molecular weight is 254 g/mol. The quantitative estimate of drug-likeness (QED) is 0.843. The number of nitrogens with two attached hydrogens (primary N) is 1. The Morgan fingerprint density at radius 3 is 2.93 bits per heavy atom. The Labute approximate surface area is 102 Å². The van der Waals surface area contributed by atoms with Gasteiger partial charge < -0.3 is 10.5 Å². The van der Waals surface area contributed by atoms with Gasteiger partial charge in [-0.1, -0.05) is 0 Å². The van der Waals surface area contributed by atoms with E-state index in [4.69, 9.17) is 10.5 Å². The summed E-state index contributed by atoms with van der Waals surface area (Å²) in [7, 11) is 0. The largest absolute Gasteiger partial charge is 0.372 e. The van der Waals surface area contributed by atoms with Crippen molar-refractivity contribution in [1.29, 1.82) is 0 Å². The number of ether oxygens (including phenoxy) is 1. The van der Waals surface area contributed by atoms with Crippen LogP contribution in [0, 0.1) is 5.92 Å². The Morgan fingerprint density at radius 1 is 1.53 bits per heavy atom. The van der Waals surface area contributed by atoms with Crippen LogP contribution in [0.2, 0.25) is 0 Å². The summed E-state index contributed by atoms with van der Waals surface area (Å²) in [5, 5.41) is 6.86. The van der Waals surface area contributed by atoms with Crippen LogP contribution in [0.15, 0.2) is 12.3 Å². The number of H-pyrrole nitrogens is 1. The Bertz CT molecular complexity index is 256. The highest BCUT2D eigenvalue weighted by atomic mass is 35.5. The SMILES string of the molecule is Cl.Cl.NCC1CCCOC1c1ccn[nH]1. The highest BCUT2D eigenvalue weighted by molar-refractivity contribution is 5.85. The lowest BCUT2D eigenvalue weighted by atomic mass is 9.92. The van der Waals surface area contributed by atoms with E-state index in [1.54, 1.807) is 6.20 Å². The van der Waals surface area contributed by atoms with Gasteiger partial charge in [-0.05, 0) is 25.5 Å². The number of nitrogens with zero attached hydrogens (tertiary/aromatic N) is 1. The Morgan fingerprint density at radius 2 is 2.33 bits per heavy atom. The van der Waals surface area contributed by atoms with Crippen LogP contribution < -0.4 is 5.73 Å². The van der Waals surface area contributed by atoms with Crippen LogP contribution in [0.5, 0.6) is 0 Å². The molecule has 1 saturated heterocycles. The lowest BCUT2D eigenvalue weighted by molar-refractivity contribution is -0.0276. The van der Waals surface area contributed by atoms with E-state index in [1.807, 2.05) is 6.07 Å². The molecule has 1 aromatic rings. The minimum absolute atomic E-state index is 0. The highest BCUT2D eigenvalue weighted by Gasteiger charge is 2.26. The highest BCUT2D eigenvalue weighted by Crippen LogP contribution is 2.31. The van der Waals surface area contributed by atoms with Gasteiger partial charge in [0.1, 0.15) is 6.10 Å². The second-order valence-corrected chi connectivity index (χ2v) is 3.44. The molecule has 4 nitrogen and oxygen atoms in total. The first kappa shape index (κ1) is 14.7. The maximum absolute atomic E-state index is 5.69. The Hall–Kier alpha value is -0.290. The molecule has 0 bridgehead atoms. The van der Waals surface area contributed by atoms with Gasteiger partial charge in [0.15, 0.2) is 0 Å². The van der Waals surface area contributed by atoms with E-state index in [0.717, 1.165) is 25.1 Å². The van der Waals surface area contributed by atoms with Gasteiger partial charge in [0.25, 0.3) is 0 Å². The average Bonchev–Trinajstić information content (AvgIpc) is 2.70. The summed E-state index contributed by atoms with van der Waals surface area (Å²) >= 11 is 0. The van der Waals surface area contributed by atoms with Gasteiger partial charge in [-0.3, -0.25) is 5.10 Å². The van der Waals surface area contributed by atoms with Gasteiger partial charge in [0.2, 0.25) is 0 Å². The molecule has 0 spiro atoms. The lowest BCUT2D eigenvalue weighted by Gasteiger charge is -2.29. The molecule has 0 radical (unpaired) electrons. The number of aromatic nitrogens is 2. The fourth-order valence-corrected chi connectivity index (χ4v) is 1.85. The molecule has 1 fully saturated rings. The predicted octanol–water partition coefficient (Wildman–Crippen LogP) is 1.68. The third kappa shape index (κ3) is 3.34.